The molecule has 0 aliphatic carbocycles. The SMILES string of the molecule is CCOc1ccccc1C(=O)Nc1ccccc1C(=O)Nc1cccc(I)c1. The lowest BCUT2D eigenvalue weighted by molar-refractivity contribution is 0.102. The van der Waals surface area contributed by atoms with Gasteiger partial charge in [-0.1, -0.05) is 30.3 Å². The molecule has 3 aromatic rings. The maximum atomic E-state index is 12.8. The molecular weight excluding hydrogens is 467 g/mol. The fourth-order valence-electron chi connectivity index (χ4n) is 2.68. The summed E-state index contributed by atoms with van der Waals surface area (Å²) < 4.78 is 6.54. The molecule has 0 bridgehead atoms. The maximum Gasteiger partial charge on any atom is 0.259 e. The van der Waals surface area contributed by atoms with Gasteiger partial charge in [-0.3, -0.25) is 9.59 Å². The Bertz CT molecular complexity index is 1000. The Kier molecular flexibility index (Phi) is 6.65. The first-order valence-corrected chi connectivity index (χ1v) is 9.85. The van der Waals surface area contributed by atoms with E-state index < -0.39 is 0 Å². The molecule has 0 saturated heterocycles. The van der Waals surface area contributed by atoms with Gasteiger partial charge >= 0.3 is 0 Å². The molecule has 142 valence electrons. The van der Waals surface area contributed by atoms with Crippen molar-refractivity contribution in [2.45, 2.75) is 6.92 Å². The number of carbonyl (C=O) groups excluding carboxylic acids is 2. The molecular formula is C22H19IN2O3. The summed E-state index contributed by atoms with van der Waals surface area (Å²) >= 11 is 2.19. The third kappa shape index (κ3) is 4.89. The van der Waals surface area contributed by atoms with E-state index in [-0.39, 0.29) is 11.8 Å². The molecule has 2 amide bonds. The summed E-state index contributed by atoms with van der Waals surface area (Å²) in [7, 11) is 0. The van der Waals surface area contributed by atoms with Crippen LogP contribution in [0, 0.1) is 3.57 Å². The topological polar surface area (TPSA) is 67.4 Å². The number of hydrogen-bond donors (Lipinski definition) is 2. The average molecular weight is 486 g/mol. The predicted octanol–water partition coefficient (Wildman–Crippen LogP) is 5.19. The number of carbonyl (C=O) groups is 2. The average Bonchev–Trinajstić information content (AvgIpc) is 2.69. The molecule has 0 atom stereocenters. The van der Waals surface area contributed by atoms with Gasteiger partial charge in [0.05, 0.1) is 23.4 Å². The molecule has 0 spiro atoms. The van der Waals surface area contributed by atoms with Crippen molar-refractivity contribution in [3.05, 3.63) is 87.5 Å². The molecule has 5 nitrogen and oxygen atoms in total. The van der Waals surface area contributed by atoms with Crippen LogP contribution in [-0.4, -0.2) is 18.4 Å². The van der Waals surface area contributed by atoms with Crippen molar-refractivity contribution in [3.63, 3.8) is 0 Å². The van der Waals surface area contributed by atoms with Crippen molar-refractivity contribution in [3.8, 4) is 5.75 Å². The van der Waals surface area contributed by atoms with Gasteiger partial charge in [0.25, 0.3) is 11.8 Å². The lowest BCUT2D eigenvalue weighted by atomic mass is 10.1. The minimum absolute atomic E-state index is 0.295. The van der Waals surface area contributed by atoms with E-state index in [4.69, 9.17) is 4.74 Å². The Hall–Kier alpha value is -2.87. The van der Waals surface area contributed by atoms with E-state index in [1.54, 1.807) is 42.5 Å². The molecule has 0 radical (unpaired) electrons. The number of halogens is 1. The van der Waals surface area contributed by atoms with Crippen molar-refractivity contribution in [2.24, 2.45) is 0 Å². The fraction of sp³-hybridized carbons (Fsp3) is 0.0909. The summed E-state index contributed by atoms with van der Waals surface area (Å²) in [6.45, 7) is 2.32. The first-order chi connectivity index (χ1) is 13.6. The highest BCUT2D eigenvalue weighted by atomic mass is 127. The van der Waals surface area contributed by atoms with Gasteiger partial charge in [0.15, 0.2) is 0 Å². The van der Waals surface area contributed by atoms with Crippen molar-refractivity contribution in [1.29, 1.82) is 0 Å². The molecule has 0 heterocycles. The highest BCUT2D eigenvalue weighted by molar-refractivity contribution is 14.1. The van der Waals surface area contributed by atoms with Gasteiger partial charge in [-0.15, -0.1) is 0 Å². The second-order valence-electron chi connectivity index (χ2n) is 5.89. The number of hydrogen-bond acceptors (Lipinski definition) is 3. The molecule has 28 heavy (non-hydrogen) atoms. The third-order valence-corrected chi connectivity index (χ3v) is 4.60. The van der Waals surface area contributed by atoms with E-state index in [2.05, 4.69) is 33.2 Å². The Labute approximate surface area is 177 Å². The molecule has 3 rings (SSSR count). The molecule has 6 heteroatoms. The zero-order valence-electron chi connectivity index (χ0n) is 15.2. The van der Waals surface area contributed by atoms with Crippen LogP contribution in [0.2, 0.25) is 0 Å². The number of benzene rings is 3. The predicted molar refractivity (Wildman–Crippen MR) is 119 cm³/mol. The smallest absolute Gasteiger partial charge is 0.259 e. The number of ether oxygens (including phenoxy) is 1. The Balaban J connectivity index is 1.82. The quantitative estimate of drug-likeness (QED) is 0.471. The van der Waals surface area contributed by atoms with Crippen LogP contribution in [0.4, 0.5) is 11.4 Å². The standard InChI is InChI=1S/C22H19IN2O3/c1-2-28-20-13-6-4-11-18(20)22(27)25-19-12-5-3-10-17(19)21(26)24-16-9-7-8-15(23)14-16/h3-14H,2H2,1H3,(H,24,26)(H,25,27). The van der Waals surface area contributed by atoms with Crippen molar-refractivity contribution >= 4 is 45.8 Å². The lowest BCUT2D eigenvalue weighted by Crippen LogP contribution is -2.19. The minimum atomic E-state index is -0.335. The number of nitrogens with one attached hydrogen (secondary N) is 2. The van der Waals surface area contributed by atoms with E-state index in [0.29, 0.717) is 34.9 Å². The van der Waals surface area contributed by atoms with Crippen LogP contribution < -0.4 is 15.4 Å². The second-order valence-corrected chi connectivity index (χ2v) is 7.14. The van der Waals surface area contributed by atoms with Crippen LogP contribution in [0.5, 0.6) is 5.75 Å². The molecule has 0 aliphatic heterocycles. The van der Waals surface area contributed by atoms with Gasteiger partial charge < -0.3 is 15.4 Å². The molecule has 0 saturated carbocycles. The lowest BCUT2D eigenvalue weighted by Gasteiger charge is -2.13. The van der Waals surface area contributed by atoms with Crippen LogP contribution in [0.3, 0.4) is 0 Å². The first kappa shape index (κ1) is 19.9. The van der Waals surface area contributed by atoms with E-state index in [1.165, 1.54) is 0 Å². The van der Waals surface area contributed by atoms with E-state index in [9.17, 15) is 9.59 Å². The molecule has 3 aromatic carbocycles. The van der Waals surface area contributed by atoms with Crippen molar-refractivity contribution in [2.75, 3.05) is 17.2 Å². The number of para-hydroxylation sites is 2. The Morgan fingerprint density at radius 2 is 1.54 bits per heavy atom. The molecule has 0 fully saturated rings. The summed E-state index contributed by atoms with van der Waals surface area (Å²) in [4.78, 5) is 25.5. The minimum Gasteiger partial charge on any atom is -0.493 e. The summed E-state index contributed by atoms with van der Waals surface area (Å²) in [5, 5.41) is 5.69. The maximum absolute atomic E-state index is 12.8. The Morgan fingerprint density at radius 1 is 0.857 bits per heavy atom. The number of amides is 2. The van der Waals surface area contributed by atoms with Gasteiger partial charge in [-0.05, 0) is 72.0 Å². The van der Waals surface area contributed by atoms with E-state index in [0.717, 1.165) is 3.57 Å². The fourth-order valence-corrected chi connectivity index (χ4v) is 3.22. The monoisotopic (exact) mass is 486 g/mol. The van der Waals surface area contributed by atoms with Crippen LogP contribution in [-0.2, 0) is 0 Å². The van der Waals surface area contributed by atoms with Crippen LogP contribution in [0.1, 0.15) is 27.6 Å². The van der Waals surface area contributed by atoms with Gasteiger partial charge in [-0.25, -0.2) is 0 Å². The largest absolute Gasteiger partial charge is 0.493 e. The van der Waals surface area contributed by atoms with Crippen molar-refractivity contribution in [1.82, 2.24) is 0 Å². The molecule has 2 N–H and O–H groups in total. The van der Waals surface area contributed by atoms with Gasteiger partial charge in [-0.2, -0.15) is 0 Å². The second kappa shape index (κ2) is 9.36. The zero-order chi connectivity index (χ0) is 19.9. The van der Waals surface area contributed by atoms with Crippen molar-refractivity contribution < 1.29 is 14.3 Å². The summed E-state index contributed by atoms with van der Waals surface area (Å²) in [5.41, 5.74) is 1.92. The van der Waals surface area contributed by atoms with E-state index >= 15 is 0 Å². The normalized spacial score (nSPS) is 10.2. The summed E-state index contributed by atoms with van der Waals surface area (Å²) in [6.07, 6.45) is 0. The third-order valence-electron chi connectivity index (χ3n) is 3.93. The van der Waals surface area contributed by atoms with Crippen LogP contribution >= 0.6 is 22.6 Å². The van der Waals surface area contributed by atoms with Gasteiger partial charge in [0.2, 0.25) is 0 Å². The highest BCUT2D eigenvalue weighted by Gasteiger charge is 2.16. The van der Waals surface area contributed by atoms with Crippen LogP contribution in [0.25, 0.3) is 0 Å². The van der Waals surface area contributed by atoms with Crippen LogP contribution in [0.15, 0.2) is 72.8 Å². The highest BCUT2D eigenvalue weighted by Crippen LogP contribution is 2.22. The first-order valence-electron chi connectivity index (χ1n) is 8.77. The van der Waals surface area contributed by atoms with Gasteiger partial charge in [0, 0.05) is 9.26 Å². The van der Waals surface area contributed by atoms with E-state index in [1.807, 2.05) is 37.3 Å². The molecule has 0 unspecified atom stereocenters. The van der Waals surface area contributed by atoms with Gasteiger partial charge in [0.1, 0.15) is 5.75 Å². The molecule has 0 aliphatic rings. The number of rotatable bonds is 6. The Morgan fingerprint density at radius 3 is 2.29 bits per heavy atom. The zero-order valence-corrected chi connectivity index (χ0v) is 17.4. The summed E-state index contributed by atoms with van der Waals surface area (Å²) in [6, 6.07) is 21.4. The molecule has 0 aromatic heterocycles. The number of anilines is 2. The summed E-state index contributed by atoms with van der Waals surface area (Å²) in [5.74, 6) is -0.127.